The normalized spacial score (nSPS) is 16.7. The molecule has 160 valence electrons. The summed E-state index contributed by atoms with van der Waals surface area (Å²) in [5.41, 5.74) is 1.46. The van der Waals surface area contributed by atoms with Gasteiger partial charge in [-0.15, -0.1) is 0 Å². The Morgan fingerprint density at radius 3 is 2.84 bits per heavy atom. The van der Waals surface area contributed by atoms with Gasteiger partial charge in [0.15, 0.2) is 0 Å². The average Bonchev–Trinajstić information content (AvgIpc) is 3.33. The van der Waals surface area contributed by atoms with Gasteiger partial charge in [0.2, 0.25) is 0 Å². The van der Waals surface area contributed by atoms with Crippen molar-refractivity contribution in [3.8, 4) is 5.69 Å². The number of hydrogen-bond donors (Lipinski definition) is 0. The van der Waals surface area contributed by atoms with Gasteiger partial charge in [-0.25, -0.2) is 9.78 Å². The predicted molar refractivity (Wildman–Crippen MR) is 112 cm³/mol. The van der Waals surface area contributed by atoms with Crippen LogP contribution in [0.1, 0.15) is 15.9 Å². The summed E-state index contributed by atoms with van der Waals surface area (Å²) in [4.78, 5) is 29.6. The number of nitro benzene ring substituents is 1. The lowest BCUT2D eigenvalue weighted by atomic mass is 10.1. The Kier molecular flexibility index (Phi) is 6.34. The molecule has 0 amide bonds. The molecule has 1 unspecified atom stereocenters. The van der Waals surface area contributed by atoms with E-state index in [9.17, 15) is 14.9 Å². The maximum absolute atomic E-state index is 12.5. The number of nitrogens with zero attached hydrogens (tertiary/aromatic N) is 4. The van der Waals surface area contributed by atoms with E-state index in [1.807, 2.05) is 18.2 Å². The van der Waals surface area contributed by atoms with Gasteiger partial charge in [0.1, 0.15) is 18.4 Å². The molecule has 31 heavy (non-hydrogen) atoms. The van der Waals surface area contributed by atoms with E-state index in [1.54, 1.807) is 6.20 Å². The number of esters is 1. The Hall–Kier alpha value is -3.56. The van der Waals surface area contributed by atoms with Crippen molar-refractivity contribution in [3.63, 3.8) is 0 Å². The van der Waals surface area contributed by atoms with Crippen LogP contribution >= 0.6 is 0 Å². The lowest BCUT2D eigenvalue weighted by molar-refractivity contribution is -0.384. The zero-order valence-corrected chi connectivity index (χ0v) is 16.8. The lowest BCUT2D eigenvalue weighted by Gasteiger charge is -2.32. The first kappa shape index (κ1) is 20.7. The summed E-state index contributed by atoms with van der Waals surface area (Å²) in [5, 5.41) is 11.5. The summed E-state index contributed by atoms with van der Waals surface area (Å²) < 4.78 is 12.6. The SMILES string of the molecule is O=C(OCC1CN(Cc2ccccc2)CCO1)c1ccc(-n2ccnc2)c([N+](=O)[O-])c1. The van der Waals surface area contributed by atoms with Crippen LogP contribution in [0.25, 0.3) is 5.69 Å². The summed E-state index contributed by atoms with van der Waals surface area (Å²) in [6.45, 7) is 2.89. The van der Waals surface area contributed by atoms with Crippen LogP contribution in [0.5, 0.6) is 0 Å². The average molecular weight is 422 g/mol. The number of morpholine rings is 1. The Balaban J connectivity index is 1.37. The van der Waals surface area contributed by atoms with Crippen molar-refractivity contribution in [2.45, 2.75) is 12.6 Å². The van der Waals surface area contributed by atoms with E-state index in [2.05, 4.69) is 22.0 Å². The van der Waals surface area contributed by atoms with Crippen LogP contribution < -0.4 is 0 Å². The van der Waals surface area contributed by atoms with Crippen molar-refractivity contribution >= 4 is 11.7 Å². The highest BCUT2D eigenvalue weighted by atomic mass is 16.6. The molecule has 2 aromatic carbocycles. The second kappa shape index (κ2) is 9.50. The molecule has 1 saturated heterocycles. The van der Waals surface area contributed by atoms with Crippen molar-refractivity contribution in [1.82, 2.24) is 14.5 Å². The summed E-state index contributed by atoms with van der Waals surface area (Å²) in [7, 11) is 0. The molecule has 1 fully saturated rings. The number of aromatic nitrogens is 2. The summed E-state index contributed by atoms with van der Waals surface area (Å²) in [5.74, 6) is -0.621. The van der Waals surface area contributed by atoms with E-state index < -0.39 is 10.9 Å². The number of carbonyl (C=O) groups excluding carboxylic acids is 1. The standard InChI is InChI=1S/C22H22N4O5/c27-22(18-6-7-20(21(12-18)26(28)29)25-9-8-23-16-25)31-15-19-14-24(10-11-30-19)13-17-4-2-1-3-5-17/h1-9,12,16,19H,10-11,13-15H2. The van der Waals surface area contributed by atoms with Crippen molar-refractivity contribution in [1.29, 1.82) is 0 Å². The number of nitro groups is 1. The van der Waals surface area contributed by atoms with Crippen LogP contribution in [-0.4, -0.2) is 57.8 Å². The third-order valence-corrected chi connectivity index (χ3v) is 5.06. The van der Waals surface area contributed by atoms with E-state index in [1.165, 1.54) is 40.9 Å². The smallest absolute Gasteiger partial charge is 0.338 e. The van der Waals surface area contributed by atoms with Crippen LogP contribution in [0.3, 0.4) is 0 Å². The molecule has 9 heteroatoms. The fourth-order valence-electron chi connectivity index (χ4n) is 3.54. The zero-order chi connectivity index (χ0) is 21.6. The molecular weight excluding hydrogens is 400 g/mol. The van der Waals surface area contributed by atoms with Gasteiger partial charge in [-0.1, -0.05) is 30.3 Å². The van der Waals surface area contributed by atoms with Gasteiger partial charge in [0, 0.05) is 38.1 Å². The largest absolute Gasteiger partial charge is 0.459 e. The van der Waals surface area contributed by atoms with E-state index in [4.69, 9.17) is 9.47 Å². The number of carbonyl (C=O) groups is 1. The minimum atomic E-state index is -0.621. The van der Waals surface area contributed by atoms with Crippen LogP contribution in [0.15, 0.2) is 67.3 Å². The van der Waals surface area contributed by atoms with Gasteiger partial charge >= 0.3 is 5.97 Å². The number of hydrogen-bond acceptors (Lipinski definition) is 7. The molecule has 0 bridgehead atoms. The topological polar surface area (TPSA) is 99.7 Å². The molecule has 0 radical (unpaired) electrons. The van der Waals surface area contributed by atoms with Crippen molar-refractivity contribution in [2.24, 2.45) is 0 Å². The molecule has 1 aliphatic heterocycles. The van der Waals surface area contributed by atoms with E-state index in [0.29, 0.717) is 18.8 Å². The maximum Gasteiger partial charge on any atom is 0.338 e. The van der Waals surface area contributed by atoms with Gasteiger partial charge in [-0.3, -0.25) is 15.0 Å². The maximum atomic E-state index is 12.5. The summed E-state index contributed by atoms with van der Waals surface area (Å²) >= 11 is 0. The van der Waals surface area contributed by atoms with Gasteiger partial charge in [-0.2, -0.15) is 0 Å². The minimum Gasteiger partial charge on any atom is -0.459 e. The highest BCUT2D eigenvalue weighted by molar-refractivity contribution is 5.90. The van der Waals surface area contributed by atoms with Gasteiger partial charge in [0.05, 0.1) is 23.4 Å². The van der Waals surface area contributed by atoms with Gasteiger partial charge in [0.25, 0.3) is 5.69 Å². The summed E-state index contributed by atoms with van der Waals surface area (Å²) in [6, 6.07) is 14.4. The third kappa shape index (κ3) is 5.14. The molecule has 0 N–H and O–H groups in total. The van der Waals surface area contributed by atoms with Gasteiger partial charge in [-0.05, 0) is 17.7 Å². The molecular formula is C22H22N4O5. The lowest BCUT2D eigenvalue weighted by Crippen LogP contribution is -2.44. The number of ether oxygens (including phenoxy) is 2. The van der Waals surface area contributed by atoms with Crippen LogP contribution in [-0.2, 0) is 16.0 Å². The zero-order valence-electron chi connectivity index (χ0n) is 16.8. The van der Waals surface area contributed by atoms with Crippen LogP contribution in [0.2, 0.25) is 0 Å². The Morgan fingerprint density at radius 2 is 2.10 bits per heavy atom. The molecule has 0 spiro atoms. The number of rotatable bonds is 7. The first-order valence-corrected chi connectivity index (χ1v) is 9.92. The third-order valence-electron chi connectivity index (χ3n) is 5.06. The van der Waals surface area contributed by atoms with Crippen molar-refractivity contribution in [2.75, 3.05) is 26.3 Å². The minimum absolute atomic E-state index is 0.0845. The van der Waals surface area contributed by atoms with E-state index in [0.717, 1.165) is 13.1 Å². The fourth-order valence-corrected chi connectivity index (χ4v) is 3.54. The number of imidazole rings is 1. The molecule has 4 rings (SSSR count). The second-order valence-electron chi connectivity index (χ2n) is 7.24. The Morgan fingerprint density at radius 1 is 1.26 bits per heavy atom. The molecule has 1 atom stereocenters. The fraction of sp³-hybridized carbons (Fsp3) is 0.273. The first-order valence-electron chi connectivity index (χ1n) is 9.92. The van der Waals surface area contributed by atoms with Gasteiger partial charge < -0.3 is 14.0 Å². The van der Waals surface area contributed by atoms with E-state index in [-0.39, 0.29) is 24.0 Å². The van der Waals surface area contributed by atoms with Crippen molar-refractivity contribution < 1.29 is 19.2 Å². The van der Waals surface area contributed by atoms with Crippen LogP contribution in [0.4, 0.5) is 5.69 Å². The summed E-state index contributed by atoms with van der Waals surface area (Å²) in [6.07, 6.45) is 4.34. The quantitative estimate of drug-likeness (QED) is 0.328. The second-order valence-corrected chi connectivity index (χ2v) is 7.24. The first-order chi connectivity index (χ1) is 15.1. The molecule has 1 aliphatic rings. The Labute approximate surface area is 179 Å². The molecule has 0 saturated carbocycles. The van der Waals surface area contributed by atoms with Crippen molar-refractivity contribution in [3.05, 3.63) is 88.5 Å². The molecule has 3 aromatic rings. The molecule has 2 heterocycles. The highest BCUT2D eigenvalue weighted by Gasteiger charge is 2.24. The molecule has 0 aliphatic carbocycles. The predicted octanol–water partition coefficient (Wildman–Crippen LogP) is 2.84. The van der Waals surface area contributed by atoms with E-state index >= 15 is 0 Å². The van der Waals surface area contributed by atoms with Crippen LogP contribution in [0, 0.1) is 10.1 Å². The monoisotopic (exact) mass is 422 g/mol. The molecule has 1 aromatic heterocycles. The highest BCUT2D eigenvalue weighted by Crippen LogP contribution is 2.24. The number of benzene rings is 2. The Bertz CT molecular complexity index is 1040. The molecule has 9 nitrogen and oxygen atoms in total.